The lowest BCUT2D eigenvalue weighted by molar-refractivity contribution is 0.0797. The van der Waals surface area contributed by atoms with Gasteiger partial charge in [0.05, 0.1) is 6.20 Å². The first-order valence-electron chi connectivity index (χ1n) is 7.50. The van der Waals surface area contributed by atoms with E-state index in [1.54, 1.807) is 36.5 Å². The molecule has 0 aliphatic carbocycles. The van der Waals surface area contributed by atoms with Gasteiger partial charge in [-0.3, -0.25) is 9.78 Å². The van der Waals surface area contributed by atoms with E-state index < -0.39 is 0 Å². The lowest BCUT2D eigenvalue weighted by atomic mass is 10.1. The molecule has 6 heteroatoms. The van der Waals surface area contributed by atoms with Crippen molar-refractivity contribution in [3.05, 3.63) is 71.9 Å². The van der Waals surface area contributed by atoms with Gasteiger partial charge in [-0.1, -0.05) is 5.16 Å². The van der Waals surface area contributed by atoms with Crippen LogP contribution in [0.2, 0.25) is 0 Å². The minimum absolute atomic E-state index is 0.190. The molecule has 0 aliphatic rings. The molecule has 24 heavy (non-hydrogen) atoms. The molecule has 2 heterocycles. The third-order valence-corrected chi connectivity index (χ3v) is 3.74. The zero-order chi connectivity index (χ0) is 16.9. The summed E-state index contributed by atoms with van der Waals surface area (Å²) in [5.74, 6) is -0.194. The minimum Gasteiger partial charge on any atom is -0.355 e. The first kappa shape index (κ1) is 15.9. The maximum Gasteiger partial charge on any atom is 0.259 e. The molecular weight excluding hydrogens is 309 g/mol. The molecule has 0 saturated heterocycles. The van der Waals surface area contributed by atoms with Crippen LogP contribution in [0.1, 0.15) is 15.9 Å². The zero-order valence-corrected chi connectivity index (χ0v) is 13.1. The van der Waals surface area contributed by atoms with E-state index in [2.05, 4.69) is 10.1 Å². The molecule has 0 atom stereocenters. The molecule has 0 unspecified atom stereocenters. The standard InChI is InChI=1S/C18H16FN3O2/c1-22(11-8-13-6-9-20-10-7-13)18(23)16-12-21-24-17(16)14-2-4-15(19)5-3-14/h2-7,9-10,12H,8,11H2,1H3. The Hall–Kier alpha value is -3.02. The second-order valence-corrected chi connectivity index (χ2v) is 5.41. The average Bonchev–Trinajstić information content (AvgIpc) is 3.10. The Labute approximate surface area is 138 Å². The van der Waals surface area contributed by atoms with Crippen LogP contribution in [0.25, 0.3) is 11.3 Å². The Morgan fingerprint density at radius 1 is 1.17 bits per heavy atom. The number of benzene rings is 1. The summed E-state index contributed by atoms with van der Waals surface area (Å²) in [6.45, 7) is 0.552. The number of amides is 1. The number of aromatic nitrogens is 2. The first-order chi connectivity index (χ1) is 11.6. The maximum absolute atomic E-state index is 13.1. The molecule has 1 aromatic carbocycles. The van der Waals surface area contributed by atoms with E-state index in [1.807, 2.05) is 12.1 Å². The van der Waals surface area contributed by atoms with E-state index in [9.17, 15) is 9.18 Å². The quantitative estimate of drug-likeness (QED) is 0.723. The molecule has 5 nitrogen and oxygen atoms in total. The lowest BCUT2D eigenvalue weighted by Gasteiger charge is -2.16. The number of carbonyl (C=O) groups excluding carboxylic acids is 1. The van der Waals surface area contributed by atoms with Gasteiger partial charge in [-0.05, 0) is 48.4 Å². The van der Waals surface area contributed by atoms with Crippen LogP contribution >= 0.6 is 0 Å². The smallest absolute Gasteiger partial charge is 0.259 e. The summed E-state index contributed by atoms with van der Waals surface area (Å²) in [5, 5.41) is 3.72. The van der Waals surface area contributed by atoms with Crippen molar-refractivity contribution in [3.63, 3.8) is 0 Å². The summed E-state index contributed by atoms with van der Waals surface area (Å²) >= 11 is 0. The second kappa shape index (κ2) is 7.04. The van der Waals surface area contributed by atoms with Gasteiger partial charge in [0.25, 0.3) is 5.91 Å². The summed E-state index contributed by atoms with van der Waals surface area (Å²) in [6, 6.07) is 9.59. The Balaban J connectivity index is 1.73. The molecule has 0 aliphatic heterocycles. The number of rotatable bonds is 5. The molecule has 0 bridgehead atoms. The van der Waals surface area contributed by atoms with Gasteiger partial charge in [0.2, 0.25) is 0 Å². The fraction of sp³-hybridized carbons (Fsp3) is 0.167. The van der Waals surface area contributed by atoms with Crippen LogP contribution in [0.3, 0.4) is 0 Å². The van der Waals surface area contributed by atoms with Crippen LogP contribution in [0, 0.1) is 5.82 Å². The normalized spacial score (nSPS) is 10.6. The van der Waals surface area contributed by atoms with E-state index in [0.29, 0.717) is 23.4 Å². The number of hydrogen-bond acceptors (Lipinski definition) is 4. The van der Waals surface area contributed by atoms with Gasteiger partial charge in [-0.2, -0.15) is 0 Å². The third-order valence-electron chi connectivity index (χ3n) is 3.74. The Morgan fingerprint density at radius 3 is 2.58 bits per heavy atom. The monoisotopic (exact) mass is 325 g/mol. The van der Waals surface area contributed by atoms with Gasteiger partial charge in [0.15, 0.2) is 5.76 Å². The second-order valence-electron chi connectivity index (χ2n) is 5.41. The van der Waals surface area contributed by atoms with E-state index in [1.165, 1.54) is 18.3 Å². The Kier molecular flexibility index (Phi) is 4.65. The highest BCUT2D eigenvalue weighted by molar-refractivity contribution is 5.99. The van der Waals surface area contributed by atoms with Crippen LogP contribution in [0.5, 0.6) is 0 Å². The highest BCUT2D eigenvalue weighted by Crippen LogP contribution is 2.24. The maximum atomic E-state index is 13.1. The topological polar surface area (TPSA) is 59.2 Å². The summed E-state index contributed by atoms with van der Waals surface area (Å²) in [6.07, 6.45) is 5.57. The summed E-state index contributed by atoms with van der Waals surface area (Å²) in [4.78, 5) is 18.2. The molecule has 0 N–H and O–H groups in total. The van der Waals surface area contributed by atoms with Gasteiger partial charge >= 0.3 is 0 Å². The van der Waals surface area contributed by atoms with E-state index >= 15 is 0 Å². The van der Waals surface area contributed by atoms with Crippen molar-refractivity contribution in [2.45, 2.75) is 6.42 Å². The molecule has 3 aromatic rings. The largest absolute Gasteiger partial charge is 0.355 e. The number of hydrogen-bond donors (Lipinski definition) is 0. The molecule has 0 fully saturated rings. The fourth-order valence-electron chi connectivity index (χ4n) is 2.35. The summed E-state index contributed by atoms with van der Waals surface area (Å²) in [7, 11) is 1.73. The van der Waals surface area contributed by atoms with Gasteiger partial charge in [-0.15, -0.1) is 0 Å². The Bertz CT molecular complexity index is 816. The van der Waals surface area contributed by atoms with Crippen LogP contribution in [0.4, 0.5) is 4.39 Å². The number of nitrogens with zero attached hydrogens (tertiary/aromatic N) is 3. The van der Waals surface area contributed by atoms with Crippen molar-refractivity contribution in [2.75, 3.05) is 13.6 Å². The first-order valence-corrected chi connectivity index (χ1v) is 7.50. The SMILES string of the molecule is CN(CCc1ccncc1)C(=O)c1cnoc1-c1ccc(F)cc1. The molecule has 2 aromatic heterocycles. The van der Waals surface area contributed by atoms with Gasteiger partial charge in [0, 0.05) is 31.5 Å². The van der Waals surface area contributed by atoms with Crippen LogP contribution in [0.15, 0.2) is 59.5 Å². The van der Waals surface area contributed by atoms with Crippen molar-refractivity contribution < 1.29 is 13.7 Å². The highest BCUT2D eigenvalue weighted by Gasteiger charge is 2.21. The number of carbonyl (C=O) groups is 1. The van der Waals surface area contributed by atoms with Crippen LogP contribution in [-0.4, -0.2) is 34.5 Å². The summed E-state index contributed by atoms with van der Waals surface area (Å²) < 4.78 is 18.2. The zero-order valence-electron chi connectivity index (χ0n) is 13.1. The van der Waals surface area contributed by atoms with Crippen molar-refractivity contribution >= 4 is 5.91 Å². The third kappa shape index (κ3) is 3.48. The van der Waals surface area contributed by atoms with Crippen LogP contribution < -0.4 is 0 Å². The number of halogens is 1. The Morgan fingerprint density at radius 2 is 1.88 bits per heavy atom. The van der Waals surface area contributed by atoms with E-state index in [0.717, 1.165) is 12.0 Å². The molecular formula is C18H16FN3O2. The molecule has 0 saturated carbocycles. The molecule has 122 valence electrons. The van der Waals surface area contributed by atoms with Gasteiger partial charge in [0.1, 0.15) is 11.4 Å². The lowest BCUT2D eigenvalue weighted by Crippen LogP contribution is -2.28. The predicted molar refractivity (Wildman–Crippen MR) is 86.8 cm³/mol. The fourth-order valence-corrected chi connectivity index (χ4v) is 2.35. The van der Waals surface area contributed by atoms with Crippen LogP contribution in [-0.2, 0) is 6.42 Å². The van der Waals surface area contributed by atoms with Crippen molar-refractivity contribution in [1.29, 1.82) is 0 Å². The van der Waals surface area contributed by atoms with E-state index in [-0.39, 0.29) is 11.7 Å². The highest BCUT2D eigenvalue weighted by atomic mass is 19.1. The van der Waals surface area contributed by atoms with Crippen molar-refractivity contribution in [2.24, 2.45) is 0 Å². The molecule has 1 amide bonds. The number of pyridine rings is 1. The van der Waals surface area contributed by atoms with Gasteiger partial charge < -0.3 is 9.42 Å². The van der Waals surface area contributed by atoms with Crippen molar-refractivity contribution in [1.82, 2.24) is 15.0 Å². The van der Waals surface area contributed by atoms with Gasteiger partial charge in [-0.25, -0.2) is 4.39 Å². The minimum atomic E-state index is -0.347. The average molecular weight is 325 g/mol. The molecule has 3 rings (SSSR count). The summed E-state index contributed by atoms with van der Waals surface area (Å²) in [5.41, 5.74) is 2.08. The number of likely N-dealkylation sites (N-methyl/N-ethyl adjacent to an activating group) is 1. The van der Waals surface area contributed by atoms with E-state index in [4.69, 9.17) is 4.52 Å². The predicted octanol–water partition coefficient (Wildman–Crippen LogP) is 3.19. The molecule has 0 spiro atoms. The van der Waals surface area contributed by atoms with Crippen molar-refractivity contribution in [3.8, 4) is 11.3 Å². The molecule has 0 radical (unpaired) electrons.